The van der Waals surface area contributed by atoms with Crippen LogP contribution in [0, 0.1) is 0 Å². The SMILES string of the molecule is C[Si]1(C)OC(=O)CN1c1ccccc1. The Morgan fingerprint density at radius 3 is 2.43 bits per heavy atom. The molecule has 3 nitrogen and oxygen atoms in total. The van der Waals surface area contributed by atoms with Gasteiger partial charge in [-0.3, -0.25) is 4.79 Å². The molecule has 0 bridgehead atoms. The van der Waals surface area contributed by atoms with E-state index < -0.39 is 8.48 Å². The molecule has 0 unspecified atom stereocenters. The van der Waals surface area contributed by atoms with Gasteiger partial charge in [-0.2, -0.15) is 0 Å². The molecule has 0 amide bonds. The van der Waals surface area contributed by atoms with E-state index in [1.54, 1.807) is 0 Å². The van der Waals surface area contributed by atoms with Crippen molar-refractivity contribution in [3.63, 3.8) is 0 Å². The van der Waals surface area contributed by atoms with Crippen LogP contribution in [0.25, 0.3) is 0 Å². The molecule has 1 aromatic carbocycles. The van der Waals surface area contributed by atoms with Crippen molar-refractivity contribution in [2.24, 2.45) is 0 Å². The van der Waals surface area contributed by atoms with Gasteiger partial charge in [-0.25, -0.2) is 0 Å². The van der Waals surface area contributed by atoms with E-state index >= 15 is 0 Å². The van der Waals surface area contributed by atoms with Crippen LogP contribution in [0.5, 0.6) is 0 Å². The van der Waals surface area contributed by atoms with Gasteiger partial charge >= 0.3 is 14.4 Å². The van der Waals surface area contributed by atoms with Crippen LogP contribution in [0.1, 0.15) is 0 Å². The van der Waals surface area contributed by atoms with E-state index in [-0.39, 0.29) is 5.97 Å². The Kier molecular flexibility index (Phi) is 2.07. The van der Waals surface area contributed by atoms with Crippen LogP contribution in [0.3, 0.4) is 0 Å². The molecule has 0 atom stereocenters. The Balaban J connectivity index is 2.32. The predicted octanol–water partition coefficient (Wildman–Crippen LogP) is 1.75. The first-order valence-corrected chi connectivity index (χ1v) is 7.50. The van der Waals surface area contributed by atoms with Crippen molar-refractivity contribution in [1.29, 1.82) is 0 Å². The van der Waals surface area contributed by atoms with Gasteiger partial charge in [0.1, 0.15) is 6.54 Å². The lowest BCUT2D eigenvalue weighted by atomic mass is 10.3. The summed E-state index contributed by atoms with van der Waals surface area (Å²) in [6.45, 7) is 4.46. The molecule has 0 spiro atoms. The summed E-state index contributed by atoms with van der Waals surface area (Å²) in [7, 11) is -1.99. The molecule has 14 heavy (non-hydrogen) atoms. The number of hydrogen-bond donors (Lipinski definition) is 0. The average Bonchev–Trinajstić information content (AvgIpc) is 2.41. The third-order valence-corrected chi connectivity index (χ3v) is 4.81. The smallest absolute Gasteiger partial charge is 0.358 e. The summed E-state index contributed by atoms with van der Waals surface area (Å²) in [4.78, 5) is 11.2. The molecule has 74 valence electrons. The number of hydrogen-bond acceptors (Lipinski definition) is 3. The van der Waals surface area contributed by atoms with Crippen LogP contribution in [0.2, 0.25) is 13.1 Å². The maximum absolute atomic E-state index is 11.2. The summed E-state index contributed by atoms with van der Waals surface area (Å²) in [6.07, 6.45) is 0. The van der Waals surface area contributed by atoms with Crippen molar-refractivity contribution in [3.05, 3.63) is 30.3 Å². The van der Waals surface area contributed by atoms with Gasteiger partial charge in [0.15, 0.2) is 0 Å². The number of carbonyl (C=O) groups excluding carboxylic acids is 1. The van der Waals surface area contributed by atoms with Crippen molar-refractivity contribution in [2.75, 3.05) is 11.1 Å². The van der Waals surface area contributed by atoms with Gasteiger partial charge in [-0.05, 0) is 25.2 Å². The highest BCUT2D eigenvalue weighted by Crippen LogP contribution is 2.26. The second-order valence-corrected chi connectivity index (χ2v) is 7.48. The molecule has 1 saturated heterocycles. The third kappa shape index (κ3) is 1.53. The molecule has 1 aliphatic rings. The Labute approximate surface area is 84.5 Å². The monoisotopic (exact) mass is 207 g/mol. The molecule has 0 saturated carbocycles. The molecule has 0 radical (unpaired) electrons. The largest absolute Gasteiger partial charge is 0.498 e. The van der Waals surface area contributed by atoms with E-state index in [2.05, 4.69) is 4.57 Å². The lowest BCUT2D eigenvalue weighted by Gasteiger charge is -2.27. The predicted molar refractivity (Wildman–Crippen MR) is 57.4 cm³/mol. The number of carbonyl (C=O) groups is 1. The van der Waals surface area contributed by atoms with Crippen LogP contribution in [0.4, 0.5) is 5.69 Å². The summed E-state index contributed by atoms with van der Waals surface area (Å²) in [5, 5.41) is 0. The highest BCUT2D eigenvalue weighted by Gasteiger charge is 2.42. The first-order valence-electron chi connectivity index (χ1n) is 4.64. The molecular weight excluding hydrogens is 194 g/mol. The Hall–Kier alpha value is -1.29. The third-order valence-electron chi connectivity index (χ3n) is 2.37. The van der Waals surface area contributed by atoms with Crippen molar-refractivity contribution in [3.8, 4) is 0 Å². The highest BCUT2D eigenvalue weighted by atomic mass is 28.4. The van der Waals surface area contributed by atoms with Crippen molar-refractivity contribution < 1.29 is 9.22 Å². The van der Waals surface area contributed by atoms with Gasteiger partial charge in [0, 0.05) is 5.69 Å². The Bertz CT molecular complexity index is 350. The summed E-state index contributed by atoms with van der Waals surface area (Å²) in [5.41, 5.74) is 1.08. The van der Waals surface area contributed by atoms with Crippen LogP contribution < -0.4 is 4.57 Å². The Morgan fingerprint density at radius 2 is 1.93 bits per heavy atom. The topological polar surface area (TPSA) is 29.5 Å². The van der Waals surface area contributed by atoms with Crippen LogP contribution in [-0.4, -0.2) is 21.0 Å². The lowest BCUT2D eigenvalue weighted by molar-refractivity contribution is -0.131. The average molecular weight is 207 g/mol. The summed E-state index contributed by atoms with van der Waals surface area (Å²) in [6, 6.07) is 9.94. The van der Waals surface area contributed by atoms with E-state index in [4.69, 9.17) is 4.43 Å². The summed E-state index contributed by atoms with van der Waals surface area (Å²) < 4.78 is 7.43. The normalized spacial score (nSPS) is 19.6. The molecule has 1 aromatic rings. The molecule has 1 fully saturated rings. The van der Waals surface area contributed by atoms with E-state index in [0.29, 0.717) is 6.54 Å². The van der Waals surface area contributed by atoms with Gasteiger partial charge in [0.2, 0.25) is 0 Å². The highest BCUT2D eigenvalue weighted by molar-refractivity contribution is 6.78. The number of nitrogens with zero attached hydrogens (tertiary/aromatic N) is 1. The minimum Gasteiger partial charge on any atom is -0.498 e. The molecule has 1 heterocycles. The molecule has 0 N–H and O–H groups in total. The van der Waals surface area contributed by atoms with Crippen molar-refractivity contribution in [1.82, 2.24) is 0 Å². The number of rotatable bonds is 1. The molecule has 4 heteroatoms. The second-order valence-electron chi connectivity index (χ2n) is 3.84. The minimum absolute atomic E-state index is 0.106. The van der Waals surface area contributed by atoms with Crippen LogP contribution >= 0.6 is 0 Å². The van der Waals surface area contributed by atoms with Crippen molar-refractivity contribution >= 4 is 20.1 Å². The van der Waals surface area contributed by atoms with Crippen LogP contribution in [-0.2, 0) is 9.22 Å². The summed E-state index contributed by atoms with van der Waals surface area (Å²) >= 11 is 0. The first-order chi connectivity index (χ1) is 6.59. The first kappa shape index (κ1) is 9.27. The summed E-state index contributed by atoms with van der Waals surface area (Å²) in [5.74, 6) is -0.106. The minimum atomic E-state index is -1.99. The number of para-hydroxylation sites is 1. The van der Waals surface area contributed by atoms with Crippen molar-refractivity contribution in [2.45, 2.75) is 13.1 Å². The maximum Gasteiger partial charge on any atom is 0.358 e. The van der Waals surface area contributed by atoms with Crippen LogP contribution in [0.15, 0.2) is 30.3 Å². The molecule has 0 aliphatic carbocycles. The van der Waals surface area contributed by atoms with Gasteiger partial charge in [0.05, 0.1) is 0 Å². The standard InChI is InChI=1S/C10H13NO2Si/c1-14(2)11(8-10(12)13-14)9-6-4-3-5-7-9/h3-7H,8H2,1-2H3. The maximum atomic E-state index is 11.2. The fourth-order valence-electron chi connectivity index (χ4n) is 1.70. The van der Waals surface area contributed by atoms with Gasteiger partial charge in [-0.1, -0.05) is 18.2 Å². The Morgan fingerprint density at radius 1 is 1.29 bits per heavy atom. The lowest BCUT2D eigenvalue weighted by Crippen LogP contribution is -2.44. The fourth-order valence-corrected chi connectivity index (χ4v) is 3.71. The molecule has 2 rings (SSSR count). The number of benzene rings is 1. The zero-order valence-electron chi connectivity index (χ0n) is 8.36. The fraction of sp³-hybridized carbons (Fsp3) is 0.300. The van der Waals surface area contributed by atoms with Gasteiger partial charge < -0.3 is 8.99 Å². The quantitative estimate of drug-likeness (QED) is 0.657. The zero-order valence-corrected chi connectivity index (χ0v) is 9.36. The second kappa shape index (κ2) is 3.13. The van der Waals surface area contributed by atoms with E-state index in [9.17, 15) is 4.79 Å². The van der Waals surface area contributed by atoms with E-state index in [1.165, 1.54) is 0 Å². The molecule has 1 aliphatic heterocycles. The van der Waals surface area contributed by atoms with E-state index in [0.717, 1.165) is 5.69 Å². The zero-order chi connectivity index (χ0) is 10.2. The van der Waals surface area contributed by atoms with Gasteiger partial charge in [0.25, 0.3) is 0 Å². The number of anilines is 1. The van der Waals surface area contributed by atoms with Gasteiger partial charge in [-0.15, -0.1) is 0 Å². The van der Waals surface area contributed by atoms with E-state index in [1.807, 2.05) is 43.4 Å². The molecular formula is C10H13NO2Si. The molecule has 0 aromatic heterocycles.